The maximum Gasteiger partial charge on any atom is 0.323 e. The maximum absolute atomic E-state index is 11.5. The van der Waals surface area contributed by atoms with Crippen LogP contribution < -0.4 is 10.6 Å². The zero-order valence-electron chi connectivity index (χ0n) is 12.9. The SMILES string of the molecule is CN(C)c1nc(-c2cc(C(N)=O)ccc2-c2ccccc2)no1. The first-order valence-electron chi connectivity index (χ1n) is 7.07. The lowest BCUT2D eigenvalue weighted by atomic mass is 9.97. The molecule has 116 valence electrons. The van der Waals surface area contributed by atoms with Gasteiger partial charge >= 0.3 is 6.01 Å². The fraction of sp³-hybridized carbons (Fsp3) is 0.118. The van der Waals surface area contributed by atoms with Crippen molar-refractivity contribution in [3.05, 3.63) is 54.1 Å². The topological polar surface area (TPSA) is 85.3 Å². The number of hydrogen-bond donors (Lipinski definition) is 1. The van der Waals surface area contributed by atoms with Gasteiger partial charge < -0.3 is 15.2 Å². The molecule has 0 spiro atoms. The molecule has 0 atom stereocenters. The van der Waals surface area contributed by atoms with E-state index in [0.717, 1.165) is 11.1 Å². The molecule has 0 aliphatic heterocycles. The maximum atomic E-state index is 11.5. The summed E-state index contributed by atoms with van der Waals surface area (Å²) < 4.78 is 5.22. The molecule has 0 aliphatic rings. The lowest BCUT2D eigenvalue weighted by Gasteiger charge is -2.08. The number of benzene rings is 2. The minimum atomic E-state index is -0.498. The van der Waals surface area contributed by atoms with Crippen LogP contribution in [0.25, 0.3) is 22.5 Å². The molecule has 23 heavy (non-hydrogen) atoms. The summed E-state index contributed by atoms with van der Waals surface area (Å²) in [5, 5.41) is 4.01. The highest BCUT2D eigenvalue weighted by atomic mass is 16.5. The second-order valence-corrected chi connectivity index (χ2v) is 5.29. The Morgan fingerprint density at radius 2 is 1.83 bits per heavy atom. The summed E-state index contributed by atoms with van der Waals surface area (Å²) in [7, 11) is 3.63. The Labute approximate surface area is 133 Å². The first kappa shape index (κ1) is 14.8. The Hall–Kier alpha value is -3.15. The largest absolute Gasteiger partial charge is 0.366 e. The quantitative estimate of drug-likeness (QED) is 0.800. The smallest absolute Gasteiger partial charge is 0.323 e. The number of nitrogens with zero attached hydrogens (tertiary/aromatic N) is 3. The van der Waals surface area contributed by atoms with Crippen LogP contribution in [-0.2, 0) is 0 Å². The molecule has 1 heterocycles. The van der Waals surface area contributed by atoms with Gasteiger partial charge in [-0.15, -0.1) is 0 Å². The molecule has 0 aliphatic carbocycles. The van der Waals surface area contributed by atoms with E-state index in [1.54, 1.807) is 17.0 Å². The Morgan fingerprint density at radius 3 is 2.43 bits per heavy atom. The average Bonchev–Trinajstić information content (AvgIpc) is 3.05. The van der Waals surface area contributed by atoms with Crippen LogP contribution in [0.2, 0.25) is 0 Å². The number of nitrogens with two attached hydrogens (primary N) is 1. The van der Waals surface area contributed by atoms with E-state index in [9.17, 15) is 4.79 Å². The van der Waals surface area contributed by atoms with Gasteiger partial charge in [-0.25, -0.2) is 0 Å². The Morgan fingerprint density at radius 1 is 1.09 bits per heavy atom. The summed E-state index contributed by atoms with van der Waals surface area (Å²) in [4.78, 5) is 17.6. The molecule has 2 N–H and O–H groups in total. The number of primary amides is 1. The third-order valence-corrected chi connectivity index (χ3v) is 3.43. The zero-order valence-corrected chi connectivity index (χ0v) is 12.9. The van der Waals surface area contributed by atoms with E-state index in [4.69, 9.17) is 10.3 Å². The van der Waals surface area contributed by atoms with Crippen molar-refractivity contribution in [2.24, 2.45) is 5.73 Å². The molecule has 0 fully saturated rings. The molecule has 3 rings (SSSR count). The van der Waals surface area contributed by atoms with E-state index in [1.807, 2.05) is 50.5 Å². The summed E-state index contributed by atoms with van der Waals surface area (Å²) in [5.74, 6) is -0.0853. The minimum Gasteiger partial charge on any atom is -0.366 e. The third kappa shape index (κ3) is 2.91. The van der Waals surface area contributed by atoms with Gasteiger partial charge in [0.15, 0.2) is 0 Å². The van der Waals surface area contributed by atoms with E-state index < -0.39 is 5.91 Å². The normalized spacial score (nSPS) is 10.5. The molecule has 0 unspecified atom stereocenters. The minimum absolute atomic E-state index is 0.392. The molecule has 3 aromatic rings. The molecule has 0 radical (unpaired) electrons. The van der Waals surface area contributed by atoms with Gasteiger partial charge in [-0.2, -0.15) is 4.98 Å². The molecule has 1 amide bonds. The average molecular weight is 308 g/mol. The van der Waals surface area contributed by atoms with E-state index in [2.05, 4.69) is 10.1 Å². The summed E-state index contributed by atoms with van der Waals surface area (Å²) >= 11 is 0. The summed E-state index contributed by atoms with van der Waals surface area (Å²) in [6.07, 6.45) is 0. The lowest BCUT2D eigenvalue weighted by Crippen LogP contribution is -2.11. The number of hydrogen-bond acceptors (Lipinski definition) is 5. The number of carbonyl (C=O) groups is 1. The highest BCUT2D eigenvalue weighted by Gasteiger charge is 2.16. The van der Waals surface area contributed by atoms with E-state index in [1.165, 1.54) is 0 Å². The Balaban J connectivity index is 2.18. The Bertz CT molecular complexity index is 841. The predicted octanol–water partition coefficient (Wildman–Crippen LogP) is 2.57. The summed E-state index contributed by atoms with van der Waals surface area (Å²) in [5.41, 5.74) is 8.39. The molecule has 6 nitrogen and oxygen atoms in total. The van der Waals surface area contributed by atoms with Crippen molar-refractivity contribution in [2.75, 3.05) is 19.0 Å². The number of carbonyl (C=O) groups excluding carboxylic acids is 1. The molecule has 0 saturated heterocycles. The zero-order chi connectivity index (χ0) is 16.4. The third-order valence-electron chi connectivity index (χ3n) is 3.43. The van der Waals surface area contributed by atoms with Gasteiger partial charge in [-0.05, 0) is 23.3 Å². The fourth-order valence-electron chi connectivity index (χ4n) is 2.26. The van der Waals surface area contributed by atoms with Crippen LogP contribution in [0, 0.1) is 0 Å². The van der Waals surface area contributed by atoms with E-state index in [0.29, 0.717) is 23.0 Å². The first-order chi connectivity index (χ1) is 11.1. The van der Waals surface area contributed by atoms with Crippen molar-refractivity contribution in [2.45, 2.75) is 0 Å². The van der Waals surface area contributed by atoms with Crippen LogP contribution in [0.4, 0.5) is 6.01 Å². The highest BCUT2D eigenvalue weighted by molar-refractivity contribution is 5.96. The Kier molecular flexibility index (Phi) is 3.80. The number of aromatic nitrogens is 2. The first-order valence-corrected chi connectivity index (χ1v) is 7.07. The van der Waals surface area contributed by atoms with Gasteiger partial charge in [-0.3, -0.25) is 4.79 Å². The standard InChI is InChI=1S/C17H16N4O2/c1-21(2)17-19-16(20-23-17)14-10-12(15(18)22)8-9-13(14)11-6-4-3-5-7-11/h3-10H,1-2H3,(H2,18,22). The summed E-state index contributed by atoms with van der Waals surface area (Å²) in [6.45, 7) is 0. The van der Waals surface area contributed by atoms with Crippen molar-refractivity contribution in [3.63, 3.8) is 0 Å². The molecular formula is C17H16N4O2. The van der Waals surface area contributed by atoms with Crippen LogP contribution in [0.3, 0.4) is 0 Å². The second kappa shape index (κ2) is 5.92. The number of anilines is 1. The van der Waals surface area contributed by atoms with Crippen molar-refractivity contribution in [1.82, 2.24) is 10.1 Å². The van der Waals surface area contributed by atoms with Crippen LogP contribution in [0.5, 0.6) is 0 Å². The second-order valence-electron chi connectivity index (χ2n) is 5.29. The van der Waals surface area contributed by atoms with Crippen LogP contribution in [-0.4, -0.2) is 30.1 Å². The van der Waals surface area contributed by atoms with Gasteiger partial charge in [-0.1, -0.05) is 41.6 Å². The van der Waals surface area contributed by atoms with E-state index >= 15 is 0 Å². The van der Waals surface area contributed by atoms with Crippen molar-refractivity contribution in [1.29, 1.82) is 0 Å². The highest BCUT2D eigenvalue weighted by Crippen LogP contribution is 2.32. The monoisotopic (exact) mass is 308 g/mol. The lowest BCUT2D eigenvalue weighted by molar-refractivity contribution is 0.100. The van der Waals surface area contributed by atoms with Crippen molar-refractivity contribution in [3.8, 4) is 22.5 Å². The van der Waals surface area contributed by atoms with Crippen molar-refractivity contribution >= 4 is 11.9 Å². The fourth-order valence-corrected chi connectivity index (χ4v) is 2.26. The number of amides is 1. The molecule has 2 aromatic carbocycles. The van der Waals surface area contributed by atoms with Gasteiger partial charge in [0.1, 0.15) is 0 Å². The summed E-state index contributed by atoms with van der Waals surface area (Å²) in [6, 6.07) is 15.4. The van der Waals surface area contributed by atoms with Gasteiger partial charge in [0.25, 0.3) is 0 Å². The molecule has 0 saturated carbocycles. The van der Waals surface area contributed by atoms with Crippen LogP contribution >= 0.6 is 0 Å². The number of rotatable bonds is 4. The molecule has 1 aromatic heterocycles. The molecular weight excluding hydrogens is 292 g/mol. The van der Waals surface area contributed by atoms with Gasteiger partial charge in [0.2, 0.25) is 11.7 Å². The molecule has 6 heteroatoms. The van der Waals surface area contributed by atoms with Gasteiger partial charge in [0, 0.05) is 25.2 Å². The van der Waals surface area contributed by atoms with Gasteiger partial charge in [0.05, 0.1) is 0 Å². The van der Waals surface area contributed by atoms with Crippen molar-refractivity contribution < 1.29 is 9.32 Å². The van der Waals surface area contributed by atoms with Crippen LogP contribution in [0.1, 0.15) is 10.4 Å². The predicted molar refractivity (Wildman–Crippen MR) is 88.0 cm³/mol. The van der Waals surface area contributed by atoms with Crippen LogP contribution in [0.15, 0.2) is 53.1 Å². The molecule has 0 bridgehead atoms. The van der Waals surface area contributed by atoms with E-state index in [-0.39, 0.29) is 0 Å².